The highest BCUT2D eigenvalue weighted by atomic mass is 32.1. The molecule has 2 aromatic heterocycles. The zero-order chi connectivity index (χ0) is 17.0. The highest BCUT2D eigenvalue weighted by Crippen LogP contribution is 2.27. The van der Waals surface area contributed by atoms with Crippen LogP contribution in [0.4, 0.5) is 13.2 Å². The van der Waals surface area contributed by atoms with E-state index < -0.39 is 17.8 Å². The van der Waals surface area contributed by atoms with Crippen LogP contribution in [-0.4, -0.2) is 36.4 Å². The number of nitrogens with zero attached hydrogens (tertiary/aromatic N) is 2. The second kappa shape index (κ2) is 7.10. The Kier molecular flexibility index (Phi) is 5.38. The van der Waals surface area contributed by atoms with Gasteiger partial charge in [-0.1, -0.05) is 6.07 Å². The summed E-state index contributed by atoms with van der Waals surface area (Å²) < 4.78 is 37.4. The van der Waals surface area contributed by atoms with Crippen LogP contribution in [0.2, 0.25) is 0 Å². The molecule has 4 nitrogen and oxygen atoms in total. The molecule has 0 aliphatic rings. The number of hydrogen-bond acceptors (Lipinski definition) is 4. The van der Waals surface area contributed by atoms with Crippen LogP contribution in [0.25, 0.3) is 0 Å². The van der Waals surface area contributed by atoms with Gasteiger partial charge < -0.3 is 10.2 Å². The molecule has 1 N–H and O–H groups in total. The largest absolute Gasteiger partial charge is 0.433 e. The van der Waals surface area contributed by atoms with Gasteiger partial charge in [0.25, 0.3) is 5.91 Å². The third-order valence-corrected chi connectivity index (χ3v) is 4.24. The van der Waals surface area contributed by atoms with Crippen molar-refractivity contribution in [1.29, 1.82) is 0 Å². The summed E-state index contributed by atoms with van der Waals surface area (Å²) >= 11 is 1.58. The maximum Gasteiger partial charge on any atom is 0.433 e. The minimum Gasteiger partial charge on any atom is -0.350 e. The monoisotopic (exact) mass is 343 g/mol. The summed E-state index contributed by atoms with van der Waals surface area (Å²) in [7, 11) is 3.80. The van der Waals surface area contributed by atoms with Crippen molar-refractivity contribution < 1.29 is 18.0 Å². The summed E-state index contributed by atoms with van der Waals surface area (Å²) in [5.74, 6) is -0.449. The molecule has 2 rings (SSSR count). The number of halogens is 3. The number of thiophene rings is 1. The first-order chi connectivity index (χ1) is 10.8. The summed E-state index contributed by atoms with van der Waals surface area (Å²) in [5.41, 5.74) is -0.916. The fraction of sp³-hybridized carbons (Fsp3) is 0.333. The summed E-state index contributed by atoms with van der Waals surface area (Å²) in [5, 5.41) is 4.68. The van der Waals surface area contributed by atoms with E-state index in [1.165, 1.54) is 0 Å². The van der Waals surface area contributed by atoms with Gasteiger partial charge in [0.2, 0.25) is 0 Å². The van der Waals surface area contributed by atoms with E-state index in [1.807, 2.05) is 36.5 Å². The number of nitrogens with one attached hydrogen (secondary N) is 1. The van der Waals surface area contributed by atoms with Gasteiger partial charge >= 0.3 is 6.18 Å². The van der Waals surface area contributed by atoms with E-state index in [-0.39, 0.29) is 11.6 Å². The van der Waals surface area contributed by atoms with Crippen molar-refractivity contribution in [3.05, 3.63) is 52.0 Å². The van der Waals surface area contributed by atoms with Crippen LogP contribution in [0.5, 0.6) is 0 Å². The maximum absolute atomic E-state index is 12.5. The average Bonchev–Trinajstić information content (AvgIpc) is 3.00. The van der Waals surface area contributed by atoms with Crippen molar-refractivity contribution in [2.75, 3.05) is 20.6 Å². The lowest BCUT2D eigenvalue weighted by Gasteiger charge is -2.23. The molecule has 0 radical (unpaired) electrons. The number of aromatic nitrogens is 1. The van der Waals surface area contributed by atoms with E-state index in [4.69, 9.17) is 0 Å². The molecule has 0 aliphatic heterocycles. The molecule has 8 heteroatoms. The molecule has 0 aliphatic carbocycles. The van der Waals surface area contributed by atoms with Crippen LogP contribution in [0.3, 0.4) is 0 Å². The van der Waals surface area contributed by atoms with Crippen molar-refractivity contribution in [3.8, 4) is 0 Å². The van der Waals surface area contributed by atoms with Gasteiger partial charge in [-0.25, -0.2) is 0 Å². The first-order valence-electron chi connectivity index (χ1n) is 6.80. The molecular weight excluding hydrogens is 327 g/mol. The third-order valence-electron chi connectivity index (χ3n) is 3.27. The number of pyridine rings is 1. The van der Waals surface area contributed by atoms with Gasteiger partial charge in [0.1, 0.15) is 5.69 Å². The minimum absolute atomic E-state index is 0.00126. The van der Waals surface area contributed by atoms with Gasteiger partial charge in [-0.2, -0.15) is 13.2 Å². The Morgan fingerprint density at radius 2 is 2.09 bits per heavy atom. The molecule has 0 fully saturated rings. The Hall–Kier alpha value is -1.93. The van der Waals surface area contributed by atoms with Crippen molar-refractivity contribution in [2.24, 2.45) is 0 Å². The predicted octanol–water partition coefficient (Wildman–Crippen LogP) is 3.19. The fourth-order valence-corrected chi connectivity index (χ4v) is 2.93. The summed E-state index contributed by atoms with van der Waals surface area (Å²) in [4.78, 5) is 18.4. The molecule has 1 amide bonds. The Morgan fingerprint density at radius 1 is 1.35 bits per heavy atom. The quantitative estimate of drug-likeness (QED) is 0.907. The smallest absolute Gasteiger partial charge is 0.350 e. The third kappa shape index (κ3) is 4.52. The number of carbonyl (C=O) groups excluding carboxylic acids is 1. The highest BCUT2D eigenvalue weighted by Gasteiger charge is 2.32. The van der Waals surface area contributed by atoms with Gasteiger partial charge in [0, 0.05) is 17.6 Å². The molecule has 2 aromatic rings. The second-order valence-electron chi connectivity index (χ2n) is 5.13. The van der Waals surface area contributed by atoms with Crippen LogP contribution >= 0.6 is 11.3 Å². The zero-order valence-electron chi connectivity index (χ0n) is 12.6. The van der Waals surface area contributed by atoms with Gasteiger partial charge in [-0.15, -0.1) is 11.3 Å². The van der Waals surface area contributed by atoms with Crippen LogP contribution in [0, 0.1) is 0 Å². The van der Waals surface area contributed by atoms with Crippen LogP contribution in [-0.2, 0) is 6.18 Å². The van der Waals surface area contributed by atoms with E-state index in [9.17, 15) is 18.0 Å². The van der Waals surface area contributed by atoms with Gasteiger partial charge in [0.05, 0.1) is 11.6 Å². The first-order valence-corrected chi connectivity index (χ1v) is 7.68. The van der Waals surface area contributed by atoms with E-state index in [0.29, 0.717) is 6.54 Å². The van der Waals surface area contributed by atoms with E-state index in [1.54, 1.807) is 11.3 Å². The van der Waals surface area contributed by atoms with Gasteiger partial charge in [-0.05, 0) is 37.7 Å². The maximum atomic E-state index is 12.5. The van der Waals surface area contributed by atoms with Crippen molar-refractivity contribution in [2.45, 2.75) is 12.2 Å². The summed E-state index contributed by atoms with van der Waals surface area (Å²) in [6, 6.07) is 5.83. The minimum atomic E-state index is -4.51. The number of carbonyl (C=O) groups is 1. The number of amides is 1. The molecule has 0 aromatic carbocycles. The molecule has 1 unspecified atom stereocenters. The first kappa shape index (κ1) is 17.4. The van der Waals surface area contributed by atoms with Crippen LogP contribution in [0.15, 0.2) is 35.8 Å². The summed E-state index contributed by atoms with van der Waals surface area (Å²) in [6.07, 6.45) is -3.57. The van der Waals surface area contributed by atoms with Crippen molar-refractivity contribution in [3.63, 3.8) is 0 Å². The Labute approximate surface area is 136 Å². The normalized spacial score (nSPS) is 13.1. The lowest BCUT2D eigenvalue weighted by Crippen LogP contribution is -2.34. The topological polar surface area (TPSA) is 45.2 Å². The number of alkyl halides is 3. The molecule has 1 atom stereocenters. The Balaban J connectivity index is 2.01. The lowest BCUT2D eigenvalue weighted by molar-refractivity contribution is -0.141. The SMILES string of the molecule is CN(C)C(CNC(=O)c1ccc(C(F)(F)F)nc1)c1cccs1. The standard InChI is InChI=1S/C15H16F3N3OS/c1-21(2)11(12-4-3-7-23-12)9-20-14(22)10-5-6-13(19-8-10)15(16,17)18/h3-8,11H,9H2,1-2H3,(H,20,22). The Morgan fingerprint density at radius 3 is 2.57 bits per heavy atom. The van der Waals surface area contributed by atoms with E-state index >= 15 is 0 Å². The lowest BCUT2D eigenvalue weighted by atomic mass is 10.2. The van der Waals surface area contributed by atoms with E-state index in [2.05, 4.69) is 10.3 Å². The molecule has 0 saturated carbocycles. The molecule has 23 heavy (non-hydrogen) atoms. The fourth-order valence-electron chi connectivity index (χ4n) is 2.01. The Bertz CT molecular complexity index is 639. The highest BCUT2D eigenvalue weighted by molar-refractivity contribution is 7.10. The molecule has 0 saturated heterocycles. The molecule has 0 bridgehead atoms. The second-order valence-corrected chi connectivity index (χ2v) is 6.11. The number of likely N-dealkylation sites (N-methyl/N-ethyl adjacent to an activating group) is 1. The van der Waals surface area contributed by atoms with Crippen molar-refractivity contribution in [1.82, 2.24) is 15.2 Å². The molecule has 0 spiro atoms. The number of hydrogen-bond donors (Lipinski definition) is 1. The summed E-state index contributed by atoms with van der Waals surface area (Å²) in [6.45, 7) is 0.355. The average molecular weight is 343 g/mol. The number of rotatable bonds is 5. The van der Waals surface area contributed by atoms with E-state index in [0.717, 1.165) is 23.2 Å². The van der Waals surface area contributed by atoms with Crippen molar-refractivity contribution >= 4 is 17.2 Å². The zero-order valence-corrected chi connectivity index (χ0v) is 13.4. The van der Waals surface area contributed by atoms with Crippen LogP contribution in [0.1, 0.15) is 27.0 Å². The van der Waals surface area contributed by atoms with Gasteiger partial charge in [-0.3, -0.25) is 9.78 Å². The molecular formula is C15H16F3N3OS. The molecule has 2 heterocycles. The predicted molar refractivity (Wildman–Crippen MR) is 82.3 cm³/mol. The van der Waals surface area contributed by atoms with Gasteiger partial charge in [0.15, 0.2) is 0 Å². The molecule has 124 valence electrons. The van der Waals surface area contributed by atoms with Crippen LogP contribution < -0.4 is 5.32 Å².